The number of hydrogen-bond acceptors (Lipinski definition) is 6. The van der Waals surface area contributed by atoms with Gasteiger partial charge in [0.25, 0.3) is 0 Å². The van der Waals surface area contributed by atoms with Crippen molar-refractivity contribution in [3.05, 3.63) is 89.8 Å². The van der Waals surface area contributed by atoms with Gasteiger partial charge in [0, 0.05) is 27.4 Å². The second-order valence-electron chi connectivity index (χ2n) is 9.48. The molecule has 0 saturated heterocycles. The fraction of sp³-hybridized carbons (Fsp3) is 0.258. The third-order valence-corrected chi connectivity index (χ3v) is 8.83. The highest BCUT2D eigenvalue weighted by Gasteiger charge is 2.24. The summed E-state index contributed by atoms with van der Waals surface area (Å²) in [5, 5.41) is 8.04. The molecule has 5 rings (SSSR count). The fourth-order valence-electron chi connectivity index (χ4n) is 4.74. The lowest BCUT2D eigenvalue weighted by molar-refractivity contribution is -0.120. The van der Waals surface area contributed by atoms with Crippen LogP contribution in [0.5, 0.6) is 5.75 Å². The van der Waals surface area contributed by atoms with Crippen molar-refractivity contribution >= 4 is 45.7 Å². The predicted molar refractivity (Wildman–Crippen MR) is 159 cm³/mol. The van der Waals surface area contributed by atoms with Gasteiger partial charge in [0.15, 0.2) is 5.13 Å². The smallest absolute Gasteiger partial charge is 0.244 e. The van der Waals surface area contributed by atoms with E-state index in [-0.39, 0.29) is 17.7 Å². The molecule has 1 aliphatic carbocycles. The standard InChI is InChI=1S/C31H31N3O3S2/c1-37-27-15-9-8-14-25(27)26-20-38-31(33-26)34-30(36)28(21-10-4-2-5-11-21)39-24-18-16-23(17-19-24)32-29(35)22-12-6-3-7-13-22/h2,4-5,8-11,14-20,22,28H,3,6-7,12-13H2,1H3,(H,32,35)(H,33,34,36). The molecule has 0 spiro atoms. The minimum atomic E-state index is -0.479. The number of thioether (sulfide) groups is 1. The summed E-state index contributed by atoms with van der Waals surface area (Å²) in [6, 6.07) is 25.1. The molecule has 1 saturated carbocycles. The summed E-state index contributed by atoms with van der Waals surface area (Å²) < 4.78 is 5.46. The Balaban J connectivity index is 1.28. The topological polar surface area (TPSA) is 80.3 Å². The molecule has 0 bridgehead atoms. The summed E-state index contributed by atoms with van der Waals surface area (Å²) in [7, 11) is 1.63. The van der Waals surface area contributed by atoms with Gasteiger partial charge in [0.05, 0.1) is 12.8 Å². The molecule has 4 aromatic rings. The maximum atomic E-state index is 13.5. The number of nitrogens with zero attached hydrogens (tertiary/aromatic N) is 1. The Morgan fingerprint density at radius 1 is 0.923 bits per heavy atom. The zero-order valence-corrected chi connectivity index (χ0v) is 23.4. The molecule has 8 heteroatoms. The molecule has 2 N–H and O–H groups in total. The number of methoxy groups -OCH3 is 1. The molecule has 2 amide bonds. The summed E-state index contributed by atoms with van der Waals surface area (Å²) >= 11 is 2.85. The zero-order valence-electron chi connectivity index (χ0n) is 21.8. The van der Waals surface area contributed by atoms with Crippen LogP contribution < -0.4 is 15.4 Å². The van der Waals surface area contributed by atoms with Gasteiger partial charge in [-0.15, -0.1) is 23.1 Å². The SMILES string of the molecule is COc1ccccc1-c1csc(NC(=O)C(Sc2ccc(NC(=O)C3CCCCC3)cc2)c2ccccc2)n1. The van der Waals surface area contributed by atoms with Crippen molar-refractivity contribution in [2.24, 2.45) is 5.92 Å². The normalized spacial score (nSPS) is 14.4. The van der Waals surface area contributed by atoms with Crippen molar-refractivity contribution in [2.75, 3.05) is 17.7 Å². The summed E-state index contributed by atoms with van der Waals surface area (Å²) in [6.07, 6.45) is 5.40. The van der Waals surface area contributed by atoms with Crippen LogP contribution in [0.15, 0.2) is 89.1 Å². The van der Waals surface area contributed by atoms with Crippen LogP contribution in [0.4, 0.5) is 10.8 Å². The van der Waals surface area contributed by atoms with Gasteiger partial charge in [-0.25, -0.2) is 4.98 Å². The molecule has 1 fully saturated rings. The number of amides is 2. The van der Waals surface area contributed by atoms with Crippen LogP contribution in [0.3, 0.4) is 0 Å². The Hall–Kier alpha value is -3.62. The predicted octanol–water partition coefficient (Wildman–Crippen LogP) is 7.81. The second kappa shape index (κ2) is 13.0. The van der Waals surface area contributed by atoms with Gasteiger partial charge in [-0.05, 0) is 54.8 Å². The van der Waals surface area contributed by atoms with E-state index in [0.29, 0.717) is 5.13 Å². The zero-order chi connectivity index (χ0) is 27.0. The summed E-state index contributed by atoms with van der Waals surface area (Å²) in [4.78, 5) is 31.7. The molecule has 1 atom stereocenters. The molecular weight excluding hydrogens is 526 g/mol. The molecule has 1 heterocycles. The van der Waals surface area contributed by atoms with Gasteiger partial charge in [0.1, 0.15) is 11.0 Å². The fourth-order valence-corrected chi connectivity index (χ4v) is 6.48. The molecule has 200 valence electrons. The summed E-state index contributed by atoms with van der Waals surface area (Å²) in [6.45, 7) is 0. The first-order valence-corrected chi connectivity index (χ1v) is 14.9. The average molecular weight is 558 g/mol. The van der Waals surface area contributed by atoms with Gasteiger partial charge >= 0.3 is 0 Å². The number of para-hydroxylation sites is 1. The number of benzene rings is 3. The van der Waals surface area contributed by atoms with Crippen molar-refractivity contribution in [3.63, 3.8) is 0 Å². The van der Waals surface area contributed by atoms with Gasteiger partial charge in [0.2, 0.25) is 11.8 Å². The molecule has 1 aliphatic rings. The van der Waals surface area contributed by atoms with Crippen molar-refractivity contribution < 1.29 is 14.3 Å². The van der Waals surface area contributed by atoms with Crippen molar-refractivity contribution in [3.8, 4) is 17.0 Å². The molecule has 39 heavy (non-hydrogen) atoms. The molecule has 3 aromatic carbocycles. The molecular formula is C31H31N3O3S2. The van der Waals surface area contributed by atoms with E-state index in [1.54, 1.807) is 7.11 Å². The first kappa shape index (κ1) is 27.0. The highest BCUT2D eigenvalue weighted by atomic mass is 32.2. The molecule has 6 nitrogen and oxygen atoms in total. The summed E-state index contributed by atoms with van der Waals surface area (Å²) in [5.41, 5.74) is 3.31. The first-order valence-electron chi connectivity index (χ1n) is 13.1. The first-order chi connectivity index (χ1) is 19.1. The Bertz CT molecular complexity index is 1400. The minimum absolute atomic E-state index is 0.104. The minimum Gasteiger partial charge on any atom is -0.496 e. The molecule has 1 aromatic heterocycles. The van der Waals surface area contributed by atoms with Gasteiger partial charge in [-0.3, -0.25) is 9.59 Å². The van der Waals surface area contributed by atoms with E-state index >= 15 is 0 Å². The molecule has 0 radical (unpaired) electrons. The van der Waals surface area contributed by atoms with Gasteiger partial charge in [-0.2, -0.15) is 0 Å². The van der Waals surface area contributed by atoms with E-state index < -0.39 is 5.25 Å². The third-order valence-electron chi connectivity index (χ3n) is 6.81. The van der Waals surface area contributed by atoms with Crippen molar-refractivity contribution in [1.82, 2.24) is 4.98 Å². The number of hydrogen-bond donors (Lipinski definition) is 2. The average Bonchev–Trinajstić information content (AvgIpc) is 3.45. The maximum Gasteiger partial charge on any atom is 0.244 e. The lowest BCUT2D eigenvalue weighted by Gasteiger charge is -2.21. The molecule has 1 unspecified atom stereocenters. The number of ether oxygens (including phenoxy) is 1. The Kier molecular flexibility index (Phi) is 8.96. The van der Waals surface area contributed by atoms with E-state index in [9.17, 15) is 9.59 Å². The monoisotopic (exact) mass is 557 g/mol. The Morgan fingerprint density at radius 2 is 1.64 bits per heavy atom. The van der Waals surface area contributed by atoms with Crippen LogP contribution in [0, 0.1) is 5.92 Å². The van der Waals surface area contributed by atoms with E-state index in [1.807, 2.05) is 84.2 Å². The second-order valence-corrected chi connectivity index (χ2v) is 11.5. The number of carbonyl (C=O) groups is 2. The van der Waals surface area contributed by atoms with Gasteiger partial charge < -0.3 is 15.4 Å². The van der Waals surface area contributed by atoms with Crippen LogP contribution in [0.25, 0.3) is 11.3 Å². The largest absolute Gasteiger partial charge is 0.496 e. The highest BCUT2D eigenvalue weighted by Crippen LogP contribution is 2.38. The Labute approximate surface area is 237 Å². The number of rotatable bonds is 9. The quantitative estimate of drug-likeness (QED) is 0.205. The number of carbonyl (C=O) groups excluding carboxylic acids is 2. The van der Waals surface area contributed by atoms with E-state index in [1.165, 1.54) is 29.5 Å². The lowest BCUT2D eigenvalue weighted by atomic mass is 9.88. The van der Waals surface area contributed by atoms with Crippen LogP contribution in [0.2, 0.25) is 0 Å². The molecule has 0 aliphatic heterocycles. The van der Waals surface area contributed by atoms with E-state index in [4.69, 9.17) is 4.74 Å². The van der Waals surface area contributed by atoms with Crippen molar-refractivity contribution in [2.45, 2.75) is 42.2 Å². The van der Waals surface area contributed by atoms with E-state index in [2.05, 4.69) is 15.6 Å². The van der Waals surface area contributed by atoms with Crippen molar-refractivity contribution in [1.29, 1.82) is 0 Å². The van der Waals surface area contributed by atoms with Crippen LogP contribution in [0.1, 0.15) is 42.9 Å². The highest BCUT2D eigenvalue weighted by molar-refractivity contribution is 8.00. The van der Waals surface area contributed by atoms with Crippen LogP contribution >= 0.6 is 23.1 Å². The van der Waals surface area contributed by atoms with Crippen LogP contribution in [-0.4, -0.2) is 23.9 Å². The maximum absolute atomic E-state index is 13.5. The van der Waals surface area contributed by atoms with Crippen LogP contribution in [-0.2, 0) is 9.59 Å². The third kappa shape index (κ3) is 6.88. The lowest BCUT2D eigenvalue weighted by Crippen LogP contribution is -2.24. The van der Waals surface area contributed by atoms with E-state index in [0.717, 1.165) is 58.8 Å². The number of anilines is 2. The number of aromatic nitrogens is 1. The Morgan fingerprint density at radius 3 is 2.38 bits per heavy atom. The summed E-state index contributed by atoms with van der Waals surface area (Å²) in [5.74, 6) is 0.791. The van der Waals surface area contributed by atoms with Gasteiger partial charge in [-0.1, -0.05) is 61.7 Å². The number of thiazole rings is 1. The number of nitrogens with one attached hydrogen (secondary N) is 2.